The summed E-state index contributed by atoms with van der Waals surface area (Å²) in [5.74, 6) is -2.19. The Kier molecular flexibility index (Phi) is 3.61. The average molecular weight is 254 g/mol. The summed E-state index contributed by atoms with van der Waals surface area (Å²) in [6, 6.07) is 2.34. The van der Waals surface area contributed by atoms with E-state index in [0.29, 0.717) is 13.1 Å². The van der Waals surface area contributed by atoms with Gasteiger partial charge in [0.2, 0.25) is 0 Å². The van der Waals surface area contributed by atoms with E-state index in [-0.39, 0.29) is 11.6 Å². The van der Waals surface area contributed by atoms with E-state index in [2.05, 4.69) is 0 Å². The molecular weight excluding hydrogens is 238 g/mol. The van der Waals surface area contributed by atoms with Crippen molar-refractivity contribution >= 4 is 5.91 Å². The van der Waals surface area contributed by atoms with Crippen LogP contribution in [0.3, 0.4) is 0 Å². The molecule has 1 heterocycles. The van der Waals surface area contributed by atoms with Crippen molar-refractivity contribution < 1.29 is 13.6 Å². The Bertz CT molecular complexity index is 476. The van der Waals surface area contributed by atoms with Gasteiger partial charge in [0.25, 0.3) is 5.91 Å². The van der Waals surface area contributed by atoms with E-state index in [1.54, 1.807) is 0 Å². The number of rotatable bonds is 2. The number of benzene rings is 1. The molecule has 1 fully saturated rings. The maximum Gasteiger partial charge on any atom is 0.260 e. The van der Waals surface area contributed by atoms with Gasteiger partial charge >= 0.3 is 0 Å². The molecule has 0 radical (unpaired) electrons. The fraction of sp³-hybridized carbons (Fsp3) is 0.462. The number of carbonyl (C=O) groups excluding carboxylic acids is 1. The van der Waals surface area contributed by atoms with E-state index in [0.717, 1.165) is 18.9 Å². The van der Waals surface area contributed by atoms with E-state index in [9.17, 15) is 13.6 Å². The number of hydrogen-bond donors (Lipinski definition) is 1. The highest BCUT2D eigenvalue weighted by Crippen LogP contribution is 2.23. The first kappa shape index (κ1) is 13.0. The maximum absolute atomic E-state index is 13.9. The van der Waals surface area contributed by atoms with Crippen LogP contribution in [0.4, 0.5) is 8.78 Å². The quantitative estimate of drug-likeness (QED) is 0.875. The Morgan fingerprint density at radius 1 is 1.50 bits per heavy atom. The first-order valence-corrected chi connectivity index (χ1v) is 6.02. The van der Waals surface area contributed by atoms with E-state index >= 15 is 0 Å². The van der Waals surface area contributed by atoms with Crippen LogP contribution in [0, 0.1) is 18.6 Å². The molecule has 98 valence electrons. The second-order valence-electron chi connectivity index (χ2n) is 4.58. The number of aryl methyl sites for hydroxylation is 1. The van der Waals surface area contributed by atoms with Crippen LogP contribution in [-0.2, 0) is 0 Å². The molecule has 1 unspecified atom stereocenters. The maximum atomic E-state index is 13.9. The fourth-order valence-corrected chi connectivity index (χ4v) is 2.34. The molecule has 0 aliphatic carbocycles. The van der Waals surface area contributed by atoms with Crippen LogP contribution in [0.5, 0.6) is 0 Å². The Labute approximate surface area is 105 Å². The van der Waals surface area contributed by atoms with Gasteiger partial charge in [0.05, 0.1) is 0 Å². The molecule has 1 saturated heterocycles. The first-order valence-electron chi connectivity index (χ1n) is 6.02. The molecule has 1 aromatic carbocycles. The summed E-state index contributed by atoms with van der Waals surface area (Å²) in [7, 11) is 0. The summed E-state index contributed by atoms with van der Waals surface area (Å²) in [5, 5.41) is 0. The number of likely N-dealkylation sites (tertiary alicyclic amines) is 1. The van der Waals surface area contributed by atoms with Gasteiger partial charge in [0.15, 0.2) is 0 Å². The summed E-state index contributed by atoms with van der Waals surface area (Å²) in [6.45, 7) is 2.34. The molecule has 0 spiro atoms. The summed E-state index contributed by atoms with van der Waals surface area (Å²) in [6.07, 6.45) is 1.61. The predicted molar refractivity (Wildman–Crippen MR) is 64.2 cm³/mol. The zero-order valence-electron chi connectivity index (χ0n) is 10.2. The van der Waals surface area contributed by atoms with Crippen molar-refractivity contribution in [3.05, 3.63) is 34.9 Å². The molecule has 1 aromatic rings. The number of nitrogens with zero attached hydrogens (tertiary/aromatic N) is 1. The summed E-state index contributed by atoms with van der Waals surface area (Å²) in [5.41, 5.74) is 5.37. The molecule has 5 heteroatoms. The van der Waals surface area contributed by atoms with Crippen molar-refractivity contribution in [2.45, 2.75) is 25.8 Å². The molecule has 18 heavy (non-hydrogen) atoms. The van der Waals surface area contributed by atoms with E-state index in [4.69, 9.17) is 5.73 Å². The zero-order chi connectivity index (χ0) is 13.3. The molecule has 1 aliphatic rings. The number of halogens is 2. The van der Waals surface area contributed by atoms with Crippen LogP contribution in [-0.4, -0.2) is 29.9 Å². The van der Waals surface area contributed by atoms with E-state index in [1.807, 2.05) is 0 Å². The Morgan fingerprint density at radius 2 is 2.22 bits per heavy atom. The lowest BCUT2D eigenvalue weighted by molar-refractivity contribution is 0.0731. The minimum absolute atomic E-state index is 0.114. The lowest BCUT2D eigenvalue weighted by Gasteiger charge is -2.24. The Hall–Kier alpha value is -1.49. The SMILES string of the molecule is Cc1ccc(F)c(C(=O)N2CCCC2CN)c1F. The van der Waals surface area contributed by atoms with Gasteiger partial charge in [-0.25, -0.2) is 8.78 Å². The van der Waals surface area contributed by atoms with E-state index < -0.39 is 23.1 Å². The molecule has 0 bridgehead atoms. The third-order valence-electron chi connectivity index (χ3n) is 3.41. The van der Waals surface area contributed by atoms with Crippen molar-refractivity contribution in [1.29, 1.82) is 0 Å². The van der Waals surface area contributed by atoms with Crippen LogP contribution in [0.1, 0.15) is 28.8 Å². The van der Waals surface area contributed by atoms with Gasteiger partial charge in [-0.1, -0.05) is 6.07 Å². The number of carbonyl (C=O) groups is 1. The van der Waals surface area contributed by atoms with E-state index in [1.165, 1.54) is 17.9 Å². The number of amides is 1. The summed E-state index contributed by atoms with van der Waals surface area (Å²) >= 11 is 0. The van der Waals surface area contributed by atoms with Crippen LogP contribution in [0.15, 0.2) is 12.1 Å². The van der Waals surface area contributed by atoms with Gasteiger partial charge in [0, 0.05) is 19.1 Å². The third kappa shape index (κ3) is 2.10. The molecule has 0 saturated carbocycles. The second-order valence-corrected chi connectivity index (χ2v) is 4.58. The molecule has 1 aliphatic heterocycles. The second kappa shape index (κ2) is 5.02. The molecular formula is C13H16F2N2O. The molecule has 2 rings (SSSR count). The lowest BCUT2D eigenvalue weighted by atomic mass is 10.1. The van der Waals surface area contributed by atoms with Gasteiger partial charge < -0.3 is 10.6 Å². The van der Waals surface area contributed by atoms with Gasteiger partial charge in [-0.2, -0.15) is 0 Å². The number of nitrogens with two attached hydrogens (primary N) is 1. The van der Waals surface area contributed by atoms with Gasteiger partial charge in [0.1, 0.15) is 17.2 Å². The molecule has 1 amide bonds. The van der Waals surface area contributed by atoms with Crippen LogP contribution < -0.4 is 5.73 Å². The topological polar surface area (TPSA) is 46.3 Å². The van der Waals surface area contributed by atoms with Gasteiger partial charge in [-0.05, 0) is 31.4 Å². The van der Waals surface area contributed by atoms with Crippen LogP contribution in [0.25, 0.3) is 0 Å². The monoisotopic (exact) mass is 254 g/mol. The summed E-state index contributed by atoms with van der Waals surface area (Å²) < 4.78 is 27.5. The van der Waals surface area contributed by atoms with Gasteiger partial charge in [-0.15, -0.1) is 0 Å². The number of hydrogen-bond acceptors (Lipinski definition) is 2. The van der Waals surface area contributed by atoms with Crippen LogP contribution in [0.2, 0.25) is 0 Å². The Morgan fingerprint density at radius 3 is 2.89 bits per heavy atom. The molecule has 0 aromatic heterocycles. The highest BCUT2D eigenvalue weighted by Gasteiger charge is 2.31. The minimum Gasteiger partial charge on any atom is -0.334 e. The third-order valence-corrected chi connectivity index (χ3v) is 3.41. The molecule has 1 atom stereocenters. The lowest BCUT2D eigenvalue weighted by Crippen LogP contribution is -2.40. The highest BCUT2D eigenvalue weighted by atomic mass is 19.1. The minimum atomic E-state index is -0.814. The zero-order valence-corrected chi connectivity index (χ0v) is 10.2. The molecule has 3 nitrogen and oxygen atoms in total. The fourth-order valence-electron chi connectivity index (χ4n) is 2.34. The van der Waals surface area contributed by atoms with Crippen molar-refractivity contribution in [2.75, 3.05) is 13.1 Å². The van der Waals surface area contributed by atoms with Crippen molar-refractivity contribution in [3.63, 3.8) is 0 Å². The Balaban J connectivity index is 2.37. The smallest absolute Gasteiger partial charge is 0.260 e. The van der Waals surface area contributed by atoms with Crippen molar-refractivity contribution in [3.8, 4) is 0 Å². The normalized spacial score (nSPS) is 19.3. The highest BCUT2D eigenvalue weighted by molar-refractivity contribution is 5.95. The van der Waals surface area contributed by atoms with Gasteiger partial charge in [-0.3, -0.25) is 4.79 Å². The molecule has 2 N–H and O–H groups in total. The predicted octanol–water partition coefficient (Wildman–Crippen LogP) is 1.84. The average Bonchev–Trinajstić information content (AvgIpc) is 2.82. The first-order chi connectivity index (χ1) is 8.56. The van der Waals surface area contributed by atoms with Crippen molar-refractivity contribution in [1.82, 2.24) is 4.90 Å². The largest absolute Gasteiger partial charge is 0.334 e. The summed E-state index contributed by atoms with van der Waals surface area (Å²) in [4.78, 5) is 13.7. The standard InChI is InChI=1S/C13H16F2N2O/c1-8-4-5-10(14)11(12(8)15)13(18)17-6-2-3-9(17)7-16/h4-5,9H,2-3,6-7,16H2,1H3. The van der Waals surface area contributed by atoms with Crippen molar-refractivity contribution in [2.24, 2.45) is 5.73 Å². The van der Waals surface area contributed by atoms with Crippen LogP contribution >= 0.6 is 0 Å².